The standard InChI is InChI=1S/C17H14N2O2/c18-9-12-3-1-2-4-13(12)19-16(20)14-10-5-6-11(8-7-10)15(14)17(19)21/h1-6,10-11,14-15H,7-8H2/t10-,11-,14+,15+/m1/s1. The molecule has 2 amide bonds. The predicted octanol–water partition coefficient (Wildman–Crippen LogP) is 2.26. The molecular weight excluding hydrogens is 264 g/mol. The van der Waals surface area contributed by atoms with Gasteiger partial charge in [-0.15, -0.1) is 0 Å². The predicted molar refractivity (Wildman–Crippen MR) is 76.0 cm³/mol. The van der Waals surface area contributed by atoms with Gasteiger partial charge in [-0.05, 0) is 36.8 Å². The summed E-state index contributed by atoms with van der Waals surface area (Å²) >= 11 is 0. The lowest BCUT2D eigenvalue weighted by molar-refractivity contribution is -0.124. The third-order valence-electron chi connectivity index (χ3n) is 5.02. The van der Waals surface area contributed by atoms with Gasteiger partial charge in [-0.1, -0.05) is 24.3 Å². The highest BCUT2D eigenvalue weighted by molar-refractivity contribution is 6.23. The number of rotatable bonds is 1. The van der Waals surface area contributed by atoms with Gasteiger partial charge in [-0.2, -0.15) is 5.26 Å². The number of allylic oxidation sites excluding steroid dienone is 2. The molecule has 1 heterocycles. The van der Waals surface area contributed by atoms with E-state index < -0.39 is 0 Å². The smallest absolute Gasteiger partial charge is 0.238 e. The lowest BCUT2D eigenvalue weighted by atomic mass is 9.63. The number of para-hydroxylation sites is 1. The molecule has 0 unspecified atom stereocenters. The van der Waals surface area contributed by atoms with E-state index in [-0.39, 0.29) is 35.5 Å². The maximum atomic E-state index is 12.8. The van der Waals surface area contributed by atoms with Crippen LogP contribution in [0.2, 0.25) is 0 Å². The zero-order chi connectivity index (χ0) is 14.6. The Kier molecular flexibility index (Phi) is 2.52. The van der Waals surface area contributed by atoms with Crippen LogP contribution in [0.5, 0.6) is 0 Å². The van der Waals surface area contributed by atoms with E-state index >= 15 is 0 Å². The van der Waals surface area contributed by atoms with Crippen molar-refractivity contribution in [2.24, 2.45) is 23.7 Å². The summed E-state index contributed by atoms with van der Waals surface area (Å²) in [4.78, 5) is 26.8. The van der Waals surface area contributed by atoms with Gasteiger partial charge in [-0.25, -0.2) is 4.90 Å². The highest BCUT2D eigenvalue weighted by Crippen LogP contribution is 2.50. The molecule has 4 aliphatic rings. The summed E-state index contributed by atoms with van der Waals surface area (Å²) in [5.74, 6) is -0.370. The number of hydrogen-bond acceptors (Lipinski definition) is 3. The van der Waals surface area contributed by atoms with Gasteiger partial charge < -0.3 is 0 Å². The summed E-state index contributed by atoms with van der Waals surface area (Å²) < 4.78 is 0. The first-order chi connectivity index (χ1) is 10.2. The maximum Gasteiger partial charge on any atom is 0.238 e. The van der Waals surface area contributed by atoms with Crippen LogP contribution in [0.1, 0.15) is 18.4 Å². The summed E-state index contributed by atoms with van der Waals surface area (Å²) in [6.07, 6.45) is 6.16. The van der Waals surface area contributed by atoms with Gasteiger partial charge in [0.05, 0.1) is 23.1 Å². The van der Waals surface area contributed by atoms with Crippen LogP contribution in [0.15, 0.2) is 36.4 Å². The van der Waals surface area contributed by atoms with E-state index in [1.165, 1.54) is 4.90 Å². The van der Waals surface area contributed by atoms with Crippen molar-refractivity contribution in [1.82, 2.24) is 0 Å². The Morgan fingerprint density at radius 2 is 1.57 bits per heavy atom. The molecule has 2 fully saturated rings. The van der Waals surface area contributed by atoms with Crippen LogP contribution in [-0.4, -0.2) is 11.8 Å². The molecule has 4 heteroatoms. The lowest BCUT2D eigenvalue weighted by Gasteiger charge is -2.38. The van der Waals surface area contributed by atoms with Crippen molar-refractivity contribution >= 4 is 17.5 Å². The van der Waals surface area contributed by atoms with Gasteiger partial charge in [0.2, 0.25) is 11.8 Å². The van der Waals surface area contributed by atoms with E-state index in [1.54, 1.807) is 24.3 Å². The largest absolute Gasteiger partial charge is 0.274 e. The second-order valence-electron chi connectivity index (χ2n) is 5.98. The first-order valence-corrected chi connectivity index (χ1v) is 7.27. The van der Waals surface area contributed by atoms with Crippen LogP contribution < -0.4 is 4.90 Å². The number of imide groups is 1. The molecule has 1 aromatic rings. The Bertz CT molecular complexity index is 684. The number of carbonyl (C=O) groups is 2. The van der Waals surface area contributed by atoms with Crippen molar-refractivity contribution in [1.29, 1.82) is 5.26 Å². The van der Waals surface area contributed by atoms with E-state index in [1.807, 2.05) is 0 Å². The molecule has 2 bridgehead atoms. The van der Waals surface area contributed by atoms with Crippen LogP contribution in [0.3, 0.4) is 0 Å². The third-order valence-corrected chi connectivity index (χ3v) is 5.02. The van der Waals surface area contributed by atoms with E-state index in [0.29, 0.717) is 11.3 Å². The number of anilines is 1. The molecule has 0 radical (unpaired) electrons. The fraction of sp³-hybridized carbons (Fsp3) is 0.353. The fourth-order valence-corrected chi connectivity index (χ4v) is 4.07. The molecule has 1 saturated heterocycles. The second-order valence-corrected chi connectivity index (χ2v) is 5.98. The normalized spacial score (nSPS) is 33.2. The Labute approximate surface area is 122 Å². The van der Waals surface area contributed by atoms with Gasteiger partial charge >= 0.3 is 0 Å². The maximum absolute atomic E-state index is 12.8. The summed E-state index contributed by atoms with van der Waals surface area (Å²) in [5.41, 5.74) is 0.807. The Balaban J connectivity index is 1.81. The quantitative estimate of drug-likeness (QED) is 0.584. The summed E-state index contributed by atoms with van der Waals surface area (Å²) in [6, 6.07) is 8.89. The number of nitriles is 1. The van der Waals surface area contributed by atoms with Crippen LogP contribution in [-0.2, 0) is 9.59 Å². The third kappa shape index (κ3) is 1.55. The second kappa shape index (κ2) is 4.29. The summed E-state index contributed by atoms with van der Waals surface area (Å²) in [6.45, 7) is 0. The molecular formula is C17H14N2O2. The molecule has 0 spiro atoms. The van der Waals surface area contributed by atoms with Crippen molar-refractivity contribution in [3.8, 4) is 6.07 Å². The molecule has 104 valence electrons. The molecule has 3 aliphatic carbocycles. The Hall–Kier alpha value is -2.41. The molecule has 1 aliphatic heterocycles. The van der Waals surface area contributed by atoms with Crippen molar-refractivity contribution in [3.05, 3.63) is 42.0 Å². The van der Waals surface area contributed by atoms with Crippen LogP contribution >= 0.6 is 0 Å². The molecule has 1 aromatic carbocycles. The molecule has 4 atom stereocenters. The summed E-state index contributed by atoms with van der Waals surface area (Å²) in [7, 11) is 0. The van der Waals surface area contributed by atoms with Gasteiger partial charge in [0.15, 0.2) is 0 Å². The van der Waals surface area contributed by atoms with E-state index in [2.05, 4.69) is 18.2 Å². The minimum Gasteiger partial charge on any atom is -0.274 e. The van der Waals surface area contributed by atoms with Gasteiger partial charge in [-0.3, -0.25) is 9.59 Å². The summed E-state index contributed by atoms with van der Waals surface area (Å²) in [5, 5.41) is 9.21. The monoisotopic (exact) mass is 278 g/mol. The highest BCUT2D eigenvalue weighted by Gasteiger charge is 2.57. The average Bonchev–Trinajstić information content (AvgIpc) is 2.82. The zero-order valence-corrected chi connectivity index (χ0v) is 11.4. The average molecular weight is 278 g/mol. The van der Waals surface area contributed by atoms with Crippen LogP contribution in [0.25, 0.3) is 0 Å². The van der Waals surface area contributed by atoms with Crippen molar-refractivity contribution in [2.45, 2.75) is 12.8 Å². The van der Waals surface area contributed by atoms with Gasteiger partial charge in [0.1, 0.15) is 6.07 Å². The van der Waals surface area contributed by atoms with E-state index in [9.17, 15) is 14.9 Å². The molecule has 5 rings (SSSR count). The number of fused-ring (bicyclic) bond motifs is 1. The molecule has 0 N–H and O–H groups in total. The van der Waals surface area contributed by atoms with Gasteiger partial charge in [0, 0.05) is 0 Å². The topological polar surface area (TPSA) is 61.2 Å². The number of hydrogen-bond donors (Lipinski definition) is 0. The number of amides is 2. The first-order valence-electron chi connectivity index (χ1n) is 7.27. The van der Waals surface area contributed by atoms with Crippen molar-refractivity contribution in [3.63, 3.8) is 0 Å². The first kappa shape index (κ1) is 12.3. The zero-order valence-electron chi connectivity index (χ0n) is 11.4. The number of nitrogens with zero attached hydrogens (tertiary/aromatic N) is 2. The highest BCUT2D eigenvalue weighted by atomic mass is 16.2. The Morgan fingerprint density at radius 1 is 1.00 bits per heavy atom. The van der Waals surface area contributed by atoms with E-state index in [4.69, 9.17) is 0 Å². The van der Waals surface area contributed by atoms with Crippen LogP contribution in [0, 0.1) is 35.0 Å². The minimum absolute atomic E-state index is 0.133. The molecule has 1 saturated carbocycles. The van der Waals surface area contributed by atoms with Gasteiger partial charge in [0.25, 0.3) is 0 Å². The number of benzene rings is 1. The molecule has 0 aromatic heterocycles. The van der Waals surface area contributed by atoms with Crippen LogP contribution in [0.4, 0.5) is 5.69 Å². The minimum atomic E-state index is -0.229. The Morgan fingerprint density at radius 3 is 2.10 bits per heavy atom. The number of carbonyl (C=O) groups excluding carboxylic acids is 2. The van der Waals surface area contributed by atoms with Crippen molar-refractivity contribution in [2.75, 3.05) is 4.90 Å². The fourth-order valence-electron chi connectivity index (χ4n) is 4.07. The SMILES string of the molecule is N#Cc1ccccc1N1C(=O)[C@@H]2[C@@H](C1=O)[C@@H]1C=C[C@@H]2CC1. The lowest BCUT2D eigenvalue weighted by Crippen LogP contribution is -2.38. The van der Waals surface area contributed by atoms with E-state index in [0.717, 1.165) is 12.8 Å². The van der Waals surface area contributed by atoms with Crippen molar-refractivity contribution < 1.29 is 9.59 Å². The molecule has 4 nitrogen and oxygen atoms in total. The molecule has 21 heavy (non-hydrogen) atoms.